The van der Waals surface area contributed by atoms with E-state index in [0.29, 0.717) is 18.4 Å². The molecule has 3 aliphatic carbocycles. The smallest absolute Gasteiger partial charge is 0.302 e. The fourth-order valence-corrected chi connectivity index (χ4v) is 6.59. The Balaban J connectivity index is 1.95. The number of hydrogen-bond acceptors (Lipinski definition) is 4. The summed E-state index contributed by atoms with van der Waals surface area (Å²) in [5, 5.41) is 0. The minimum Gasteiger partial charge on any atom is -0.465 e. The first kappa shape index (κ1) is 21.1. The molecule has 3 aliphatic rings. The number of fused-ring (bicyclic) bond motifs is 3. The first-order chi connectivity index (χ1) is 13.0. The number of allylic oxidation sites excluding steroid dienone is 3. The Morgan fingerprint density at radius 3 is 2.54 bits per heavy atom. The third-order valence-electron chi connectivity index (χ3n) is 7.90. The Hall–Kier alpha value is -1.58. The average Bonchev–Trinajstić information content (AvgIpc) is 2.58. The van der Waals surface area contributed by atoms with Gasteiger partial charge in [-0.25, -0.2) is 0 Å². The lowest BCUT2D eigenvalue weighted by molar-refractivity contribution is -0.175. The Morgan fingerprint density at radius 1 is 1.21 bits per heavy atom. The van der Waals surface area contributed by atoms with Gasteiger partial charge in [-0.3, -0.25) is 9.59 Å². The lowest BCUT2D eigenvalue weighted by atomic mass is 9.45. The highest BCUT2D eigenvalue weighted by atomic mass is 16.5. The highest BCUT2D eigenvalue weighted by molar-refractivity contribution is 5.66. The molecule has 0 unspecified atom stereocenters. The molecule has 0 aromatic heterocycles. The molecule has 28 heavy (non-hydrogen) atoms. The molecule has 0 heterocycles. The lowest BCUT2D eigenvalue weighted by Gasteiger charge is -2.60. The number of rotatable bonds is 4. The molecule has 0 aromatic rings. The summed E-state index contributed by atoms with van der Waals surface area (Å²) < 4.78 is 11.2. The SMILES string of the molecule is C=C[C@@]1(C)CC[C@H]2C(=CC[C@@H]3[C@@](C)(COC(C)=O)C[C@H](OC(C)=O)C[C@]32C)C1. The van der Waals surface area contributed by atoms with Gasteiger partial charge in [0.15, 0.2) is 0 Å². The van der Waals surface area contributed by atoms with Crippen LogP contribution in [-0.4, -0.2) is 24.6 Å². The summed E-state index contributed by atoms with van der Waals surface area (Å²) in [6.07, 6.45) is 10.4. The predicted octanol–water partition coefficient (Wildman–Crippen LogP) is 5.23. The monoisotopic (exact) mass is 388 g/mol. The molecule has 2 saturated carbocycles. The van der Waals surface area contributed by atoms with Gasteiger partial charge in [-0.05, 0) is 61.2 Å². The Labute approximate surface area is 169 Å². The van der Waals surface area contributed by atoms with Gasteiger partial charge in [0.25, 0.3) is 0 Å². The molecule has 0 N–H and O–H groups in total. The summed E-state index contributed by atoms with van der Waals surface area (Å²) in [5.74, 6) is 0.433. The zero-order chi connectivity index (χ0) is 20.7. The maximum atomic E-state index is 11.7. The molecule has 0 aromatic carbocycles. The zero-order valence-corrected chi connectivity index (χ0v) is 18.2. The normalized spacial score (nSPS) is 42.5. The topological polar surface area (TPSA) is 52.6 Å². The number of carbonyl (C=O) groups is 2. The van der Waals surface area contributed by atoms with Crippen molar-refractivity contribution in [3.8, 4) is 0 Å². The molecule has 6 atom stereocenters. The molecular formula is C24H36O4. The van der Waals surface area contributed by atoms with E-state index >= 15 is 0 Å². The van der Waals surface area contributed by atoms with Crippen molar-refractivity contribution in [1.29, 1.82) is 0 Å². The maximum absolute atomic E-state index is 11.7. The van der Waals surface area contributed by atoms with E-state index in [2.05, 4.69) is 39.5 Å². The van der Waals surface area contributed by atoms with Crippen molar-refractivity contribution in [2.75, 3.05) is 6.61 Å². The fourth-order valence-electron chi connectivity index (χ4n) is 6.59. The highest BCUT2D eigenvalue weighted by Gasteiger charge is 2.58. The highest BCUT2D eigenvalue weighted by Crippen LogP contribution is 2.64. The molecule has 0 aliphatic heterocycles. The maximum Gasteiger partial charge on any atom is 0.302 e. The molecule has 0 bridgehead atoms. The van der Waals surface area contributed by atoms with Crippen LogP contribution >= 0.6 is 0 Å². The minimum absolute atomic E-state index is 0.0415. The summed E-state index contributed by atoms with van der Waals surface area (Å²) in [7, 11) is 0. The van der Waals surface area contributed by atoms with Crippen molar-refractivity contribution in [2.24, 2.45) is 28.1 Å². The van der Waals surface area contributed by atoms with E-state index in [-0.39, 0.29) is 34.3 Å². The van der Waals surface area contributed by atoms with E-state index in [1.165, 1.54) is 13.8 Å². The molecule has 2 fully saturated rings. The Kier molecular flexibility index (Phi) is 5.55. The standard InChI is InChI=1S/C24H36O4/c1-7-22(4)11-10-20-18(12-22)8-9-21-23(5,15-27-16(2)25)13-19(28-17(3)26)14-24(20,21)6/h7-8,19-21H,1,9-15H2,2-6H3/t19-,20-,21+,22-,23+,24-/m0/s1. The van der Waals surface area contributed by atoms with Crippen LogP contribution in [0, 0.1) is 28.1 Å². The van der Waals surface area contributed by atoms with Crippen LogP contribution in [0.15, 0.2) is 24.3 Å². The van der Waals surface area contributed by atoms with E-state index in [0.717, 1.165) is 38.5 Å². The van der Waals surface area contributed by atoms with Gasteiger partial charge in [0.2, 0.25) is 0 Å². The second kappa shape index (κ2) is 7.35. The average molecular weight is 389 g/mol. The summed E-state index contributed by atoms with van der Waals surface area (Å²) >= 11 is 0. The van der Waals surface area contributed by atoms with Gasteiger partial charge in [0.05, 0.1) is 6.61 Å². The second-order valence-corrected chi connectivity index (χ2v) is 10.3. The molecule has 0 saturated heterocycles. The van der Waals surface area contributed by atoms with Crippen LogP contribution in [0.3, 0.4) is 0 Å². The molecule has 0 radical (unpaired) electrons. The third-order valence-corrected chi connectivity index (χ3v) is 7.90. The van der Waals surface area contributed by atoms with Crippen molar-refractivity contribution >= 4 is 11.9 Å². The zero-order valence-electron chi connectivity index (χ0n) is 18.2. The summed E-state index contributed by atoms with van der Waals surface area (Å²) in [6.45, 7) is 14.3. The van der Waals surface area contributed by atoms with Gasteiger partial charge in [-0.1, -0.05) is 38.5 Å². The van der Waals surface area contributed by atoms with Gasteiger partial charge in [0, 0.05) is 19.3 Å². The van der Waals surface area contributed by atoms with E-state index in [4.69, 9.17) is 9.47 Å². The number of hydrogen-bond donors (Lipinski definition) is 0. The molecule has 4 heteroatoms. The number of carbonyl (C=O) groups excluding carboxylic acids is 2. The molecule has 4 nitrogen and oxygen atoms in total. The van der Waals surface area contributed by atoms with Gasteiger partial charge in [-0.2, -0.15) is 0 Å². The van der Waals surface area contributed by atoms with Gasteiger partial charge in [0.1, 0.15) is 6.10 Å². The van der Waals surface area contributed by atoms with Crippen LogP contribution in [-0.2, 0) is 19.1 Å². The van der Waals surface area contributed by atoms with Crippen LogP contribution < -0.4 is 0 Å². The molecule has 3 rings (SSSR count). The van der Waals surface area contributed by atoms with Gasteiger partial charge < -0.3 is 9.47 Å². The summed E-state index contributed by atoms with van der Waals surface area (Å²) in [6, 6.07) is 0. The summed E-state index contributed by atoms with van der Waals surface area (Å²) in [4.78, 5) is 23.3. The van der Waals surface area contributed by atoms with Crippen molar-refractivity contribution < 1.29 is 19.1 Å². The van der Waals surface area contributed by atoms with Crippen LogP contribution in [0.1, 0.15) is 73.1 Å². The predicted molar refractivity (Wildman–Crippen MR) is 109 cm³/mol. The fraction of sp³-hybridized carbons (Fsp3) is 0.750. The summed E-state index contributed by atoms with van der Waals surface area (Å²) in [5.41, 5.74) is 1.57. The van der Waals surface area contributed by atoms with E-state index in [1.807, 2.05) is 0 Å². The van der Waals surface area contributed by atoms with Crippen LogP contribution in [0.25, 0.3) is 0 Å². The van der Waals surface area contributed by atoms with Crippen molar-refractivity contribution in [2.45, 2.75) is 79.2 Å². The second-order valence-electron chi connectivity index (χ2n) is 10.3. The molecule has 0 amide bonds. The van der Waals surface area contributed by atoms with Gasteiger partial charge in [-0.15, -0.1) is 6.58 Å². The van der Waals surface area contributed by atoms with Crippen molar-refractivity contribution in [3.05, 3.63) is 24.3 Å². The third kappa shape index (κ3) is 3.79. The first-order valence-electron chi connectivity index (χ1n) is 10.6. The minimum atomic E-state index is -0.246. The van der Waals surface area contributed by atoms with Crippen LogP contribution in [0.2, 0.25) is 0 Å². The Morgan fingerprint density at radius 2 is 1.93 bits per heavy atom. The lowest BCUT2D eigenvalue weighted by Crippen LogP contribution is -2.56. The largest absolute Gasteiger partial charge is 0.465 e. The van der Waals surface area contributed by atoms with Crippen molar-refractivity contribution in [1.82, 2.24) is 0 Å². The van der Waals surface area contributed by atoms with E-state index < -0.39 is 0 Å². The number of ether oxygens (including phenoxy) is 2. The van der Waals surface area contributed by atoms with E-state index in [1.54, 1.807) is 5.57 Å². The molecule has 0 spiro atoms. The Bertz CT molecular complexity index is 695. The first-order valence-corrected chi connectivity index (χ1v) is 10.6. The van der Waals surface area contributed by atoms with Crippen LogP contribution in [0.4, 0.5) is 0 Å². The molecule has 156 valence electrons. The van der Waals surface area contributed by atoms with Gasteiger partial charge >= 0.3 is 11.9 Å². The molecular weight excluding hydrogens is 352 g/mol. The number of esters is 2. The van der Waals surface area contributed by atoms with E-state index in [9.17, 15) is 9.59 Å². The van der Waals surface area contributed by atoms with Crippen LogP contribution in [0.5, 0.6) is 0 Å². The van der Waals surface area contributed by atoms with Crippen molar-refractivity contribution in [3.63, 3.8) is 0 Å². The quantitative estimate of drug-likeness (QED) is 0.489.